The fourth-order valence-electron chi connectivity index (χ4n) is 2.65. The smallest absolute Gasteiger partial charge is 0.306 e. The zero-order valence-corrected chi connectivity index (χ0v) is 12.1. The van der Waals surface area contributed by atoms with Gasteiger partial charge in [-0.05, 0) is 31.6 Å². The lowest BCUT2D eigenvalue weighted by Crippen LogP contribution is -2.37. The van der Waals surface area contributed by atoms with E-state index in [9.17, 15) is 9.59 Å². The van der Waals surface area contributed by atoms with E-state index in [0.29, 0.717) is 0 Å². The van der Waals surface area contributed by atoms with Gasteiger partial charge in [0.15, 0.2) is 0 Å². The number of carbonyl (C=O) groups is 2. The Hall–Kier alpha value is -1.32. The van der Waals surface area contributed by atoms with Gasteiger partial charge in [0.1, 0.15) is 6.10 Å². The van der Waals surface area contributed by atoms with Crippen molar-refractivity contribution in [2.24, 2.45) is 11.3 Å². The van der Waals surface area contributed by atoms with Crippen molar-refractivity contribution in [1.82, 2.24) is 0 Å². The Morgan fingerprint density at radius 1 is 1.37 bits per heavy atom. The molecule has 0 heterocycles. The molecule has 4 heteroatoms. The monoisotopic (exact) mass is 268 g/mol. The van der Waals surface area contributed by atoms with E-state index in [-0.39, 0.29) is 30.3 Å². The highest BCUT2D eigenvalue weighted by Gasteiger charge is 2.37. The first-order chi connectivity index (χ1) is 8.71. The summed E-state index contributed by atoms with van der Waals surface area (Å²) in [7, 11) is 0. The van der Waals surface area contributed by atoms with Gasteiger partial charge in [0.05, 0.1) is 12.8 Å². The molecule has 0 aromatic heterocycles. The number of carboxylic acids is 1. The summed E-state index contributed by atoms with van der Waals surface area (Å²) >= 11 is 0. The third-order valence-electron chi connectivity index (χ3n) is 3.79. The van der Waals surface area contributed by atoms with Crippen LogP contribution >= 0.6 is 0 Å². The van der Waals surface area contributed by atoms with Crippen molar-refractivity contribution in [1.29, 1.82) is 0 Å². The lowest BCUT2D eigenvalue weighted by molar-refractivity contribution is -0.157. The molecule has 1 aliphatic carbocycles. The van der Waals surface area contributed by atoms with Gasteiger partial charge in [0, 0.05) is 5.92 Å². The SMILES string of the molecule is C=C(C)C1CCC(C)(C)CC1OC(=O)CCC(=O)O. The fourth-order valence-corrected chi connectivity index (χ4v) is 2.65. The van der Waals surface area contributed by atoms with Gasteiger partial charge in [-0.1, -0.05) is 26.0 Å². The second-order valence-corrected chi connectivity index (χ2v) is 6.28. The molecule has 4 nitrogen and oxygen atoms in total. The van der Waals surface area contributed by atoms with E-state index < -0.39 is 11.9 Å². The summed E-state index contributed by atoms with van der Waals surface area (Å²) in [5.74, 6) is -1.20. The molecule has 1 N–H and O–H groups in total. The van der Waals surface area contributed by atoms with Crippen LogP contribution < -0.4 is 0 Å². The van der Waals surface area contributed by atoms with E-state index >= 15 is 0 Å². The van der Waals surface area contributed by atoms with Gasteiger partial charge in [0.25, 0.3) is 0 Å². The summed E-state index contributed by atoms with van der Waals surface area (Å²) in [5.41, 5.74) is 1.19. The van der Waals surface area contributed by atoms with Crippen molar-refractivity contribution >= 4 is 11.9 Å². The zero-order chi connectivity index (χ0) is 14.6. The average molecular weight is 268 g/mol. The van der Waals surface area contributed by atoms with E-state index in [4.69, 9.17) is 9.84 Å². The maximum Gasteiger partial charge on any atom is 0.306 e. The van der Waals surface area contributed by atoms with Crippen LogP contribution in [-0.4, -0.2) is 23.1 Å². The number of carbonyl (C=O) groups excluding carboxylic acids is 1. The van der Waals surface area contributed by atoms with Crippen molar-refractivity contribution < 1.29 is 19.4 Å². The quantitative estimate of drug-likeness (QED) is 0.614. The van der Waals surface area contributed by atoms with Crippen molar-refractivity contribution in [2.75, 3.05) is 0 Å². The topological polar surface area (TPSA) is 63.6 Å². The Kier molecular flexibility index (Phi) is 5.15. The first kappa shape index (κ1) is 15.7. The molecule has 0 bridgehead atoms. The number of hydrogen-bond donors (Lipinski definition) is 1. The van der Waals surface area contributed by atoms with Crippen LogP contribution in [0, 0.1) is 11.3 Å². The van der Waals surface area contributed by atoms with Crippen LogP contribution in [-0.2, 0) is 14.3 Å². The highest BCUT2D eigenvalue weighted by Crippen LogP contribution is 2.42. The Morgan fingerprint density at radius 3 is 2.53 bits per heavy atom. The molecule has 0 aliphatic heterocycles. The molecule has 0 aromatic carbocycles. The number of hydrogen-bond acceptors (Lipinski definition) is 3. The number of aliphatic carboxylic acids is 1. The minimum atomic E-state index is -0.975. The summed E-state index contributed by atoms with van der Waals surface area (Å²) < 4.78 is 5.49. The van der Waals surface area contributed by atoms with Crippen LogP contribution in [0.25, 0.3) is 0 Å². The molecular weight excluding hydrogens is 244 g/mol. The minimum absolute atomic E-state index is 0.0603. The molecule has 0 radical (unpaired) electrons. The van der Waals surface area contributed by atoms with Crippen molar-refractivity contribution in [3.05, 3.63) is 12.2 Å². The Bertz CT molecular complexity index is 370. The molecule has 0 amide bonds. The molecule has 1 saturated carbocycles. The first-order valence-electron chi connectivity index (χ1n) is 6.78. The molecule has 19 heavy (non-hydrogen) atoms. The number of rotatable bonds is 5. The van der Waals surface area contributed by atoms with E-state index in [1.54, 1.807) is 0 Å². The fraction of sp³-hybridized carbons (Fsp3) is 0.733. The highest BCUT2D eigenvalue weighted by molar-refractivity contribution is 5.76. The molecule has 1 fully saturated rings. The predicted octanol–water partition coefficient (Wildman–Crippen LogP) is 3.17. The third kappa shape index (κ3) is 5.05. The summed E-state index contributed by atoms with van der Waals surface area (Å²) in [6.45, 7) is 10.3. The molecule has 0 aromatic rings. The summed E-state index contributed by atoms with van der Waals surface area (Å²) in [6, 6.07) is 0. The van der Waals surface area contributed by atoms with E-state index in [1.165, 1.54) is 0 Å². The summed E-state index contributed by atoms with van der Waals surface area (Å²) in [4.78, 5) is 22.1. The Morgan fingerprint density at radius 2 is 2.00 bits per heavy atom. The van der Waals surface area contributed by atoms with Crippen molar-refractivity contribution in [2.45, 2.75) is 59.0 Å². The van der Waals surface area contributed by atoms with Gasteiger partial charge in [-0.15, -0.1) is 0 Å². The Labute approximate surface area is 114 Å². The van der Waals surface area contributed by atoms with Crippen LogP contribution in [0.5, 0.6) is 0 Å². The third-order valence-corrected chi connectivity index (χ3v) is 3.79. The van der Waals surface area contributed by atoms with Gasteiger partial charge in [-0.2, -0.15) is 0 Å². The highest BCUT2D eigenvalue weighted by atomic mass is 16.5. The minimum Gasteiger partial charge on any atom is -0.481 e. The van der Waals surface area contributed by atoms with E-state index in [2.05, 4.69) is 20.4 Å². The normalized spacial score (nSPS) is 25.6. The van der Waals surface area contributed by atoms with Crippen LogP contribution in [0.15, 0.2) is 12.2 Å². The Balaban J connectivity index is 2.62. The van der Waals surface area contributed by atoms with Gasteiger partial charge in [0.2, 0.25) is 0 Å². The molecule has 1 rings (SSSR count). The largest absolute Gasteiger partial charge is 0.481 e. The lowest BCUT2D eigenvalue weighted by atomic mass is 9.70. The molecule has 2 unspecified atom stereocenters. The van der Waals surface area contributed by atoms with E-state index in [0.717, 1.165) is 24.8 Å². The maximum absolute atomic E-state index is 11.7. The molecule has 108 valence electrons. The van der Waals surface area contributed by atoms with Gasteiger partial charge in [-0.3, -0.25) is 9.59 Å². The van der Waals surface area contributed by atoms with Gasteiger partial charge in [-0.25, -0.2) is 0 Å². The van der Waals surface area contributed by atoms with Crippen LogP contribution in [0.1, 0.15) is 52.9 Å². The average Bonchev–Trinajstić information content (AvgIpc) is 2.24. The first-order valence-corrected chi connectivity index (χ1v) is 6.78. The molecule has 2 atom stereocenters. The standard InChI is InChI=1S/C15H24O4/c1-10(2)11-7-8-15(3,4)9-12(11)19-14(18)6-5-13(16)17/h11-12H,1,5-9H2,2-4H3,(H,16,17). The zero-order valence-electron chi connectivity index (χ0n) is 12.1. The number of ether oxygens (including phenoxy) is 1. The summed E-state index contributed by atoms with van der Waals surface area (Å²) in [6.07, 6.45) is 2.47. The lowest BCUT2D eigenvalue weighted by Gasteiger charge is -2.40. The van der Waals surface area contributed by atoms with Crippen LogP contribution in [0.3, 0.4) is 0 Å². The molecule has 1 aliphatic rings. The van der Waals surface area contributed by atoms with Crippen LogP contribution in [0.4, 0.5) is 0 Å². The second kappa shape index (κ2) is 6.22. The maximum atomic E-state index is 11.7. The van der Waals surface area contributed by atoms with Gasteiger partial charge < -0.3 is 9.84 Å². The molecular formula is C15H24O4. The summed E-state index contributed by atoms with van der Waals surface area (Å²) in [5, 5.41) is 8.57. The van der Waals surface area contributed by atoms with Crippen LogP contribution in [0.2, 0.25) is 0 Å². The van der Waals surface area contributed by atoms with E-state index in [1.807, 2.05) is 6.92 Å². The van der Waals surface area contributed by atoms with Crippen molar-refractivity contribution in [3.8, 4) is 0 Å². The number of esters is 1. The molecule has 0 saturated heterocycles. The number of carboxylic acid groups (broad SMARTS) is 1. The predicted molar refractivity (Wildman–Crippen MR) is 72.7 cm³/mol. The van der Waals surface area contributed by atoms with Crippen molar-refractivity contribution in [3.63, 3.8) is 0 Å². The molecule has 0 spiro atoms. The van der Waals surface area contributed by atoms with Gasteiger partial charge >= 0.3 is 11.9 Å². The second-order valence-electron chi connectivity index (χ2n) is 6.28.